The number of para-hydroxylation sites is 1. The minimum Gasteiger partial charge on any atom is -0.481 e. The Morgan fingerprint density at radius 2 is 1.92 bits per heavy atom. The summed E-state index contributed by atoms with van der Waals surface area (Å²) in [6.45, 7) is 7.92. The number of halogens is 2. The lowest BCUT2D eigenvalue weighted by atomic mass is 9.85. The Bertz CT molecular complexity index is 1280. The molecule has 1 aliphatic heterocycles. The molecule has 206 valence electrons. The summed E-state index contributed by atoms with van der Waals surface area (Å²) in [6, 6.07) is 11.1. The average Bonchev–Trinajstić information content (AvgIpc) is 3.25. The standard InChI is InChI=1S/C30H40F2N4O2/c1-19(30(37)38)18-36-20(2)17-23-22-9-6-7-10-25(22)33-28(23)29(36)27-21(3)26(12-11-24(27)32)35(5)16-15-34(4)14-8-13-31/h6-7,9-12,19-20,29,33H,8,13-18H2,1-5H3,(H,37,38)/t19-,20+,29+/m0/s1. The molecule has 8 heteroatoms. The van der Waals surface area contributed by atoms with Crippen molar-refractivity contribution in [2.45, 2.75) is 45.7 Å². The third-order valence-electron chi connectivity index (χ3n) is 8.03. The zero-order valence-corrected chi connectivity index (χ0v) is 23.1. The summed E-state index contributed by atoms with van der Waals surface area (Å²) < 4.78 is 28.4. The highest BCUT2D eigenvalue weighted by molar-refractivity contribution is 5.85. The second kappa shape index (κ2) is 11.8. The number of H-pyrrole nitrogens is 1. The number of benzene rings is 2. The smallest absolute Gasteiger partial charge is 0.307 e. The number of hydrogen-bond donors (Lipinski definition) is 2. The summed E-state index contributed by atoms with van der Waals surface area (Å²) in [5.41, 5.74) is 5.47. The Morgan fingerprint density at radius 1 is 1.18 bits per heavy atom. The van der Waals surface area contributed by atoms with Crippen LogP contribution in [0.5, 0.6) is 0 Å². The van der Waals surface area contributed by atoms with Gasteiger partial charge in [-0.3, -0.25) is 14.1 Å². The molecule has 1 aliphatic rings. The van der Waals surface area contributed by atoms with Crippen molar-refractivity contribution in [3.63, 3.8) is 0 Å². The summed E-state index contributed by atoms with van der Waals surface area (Å²) >= 11 is 0. The number of carbonyl (C=O) groups is 1. The molecule has 3 aromatic rings. The number of aromatic amines is 1. The summed E-state index contributed by atoms with van der Waals surface area (Å²) in [7, 11) is 3.98. The predicted octanol–water partition coefficient (Wildman–Crippen LogP) is 5.40. The maximum absolute atomic E-state index is 15.9. The van der Waals surface area contributed by atoms with Crippen molar-refractivity contribution in [1.29, 1.82) is 0 Å². The molecule has 0 spiro atoms. The molecule has 0 fully saturated rings. The third kappa shape index (κ3) is 5.57. The number of anilines is 1. The van der Waals surface area contributed by atoms with Crippen molar-refractivity contribution in [3.05, 3.63) is 64.6 Å². The Labute approximate surface area is 224 Å². The van der Waals surface area contributed by atoms with Crippen LogP contribution in [-0.4, -0.2) is 78.9 Å². The van der Waals surface area contributed by atoms with Crippen LogP contribution in [0.15, 0.2) is 36.4 Å². The molecule has 0 unspecified atom stereocenters. The Balaban J connectivity index is 1.78. The van der Waals surface area contributed by atoms with E-state index < -0.39 is 17.9 Å². The normalized spacial score (nSPS) is 18.6. The zero-order valence-electron chi connectivity index (χ0n) is 23.1. The summed E-state index contributed by atoms with van der Waals surface area (Å²) in [5, 5.41) is 10.8. The van der Waals surface area contributed by atoms with Crippen LogP contribution in [0.4, 0.5) is 14.5 Å². The minimum absolute atomic E-state index is 0.0258. The van der Waals surface area contributed by atoms with Gasteiger partial charge in [0.1, 0.15) is 5.82 Å². The molecule has 0 saturated heterocycles. The van der Waals surface area contributed by atoms with Crippen LogP contribution < -0.4 is 4.90 Å². The van der Waals surface area contributed by atoms with Gasteiger partial charge in [-0.15, -0.1) is 0 Å². The topological polar surface area (TPSA) is 62.8 Å². The van der Waals surface area contributed by atoms with Crippen molar-refractivity contribution in [2.24, 2.45) is 5.92 Å². The van der Waals surface area contributed by atoms with Gasteiger partial charge in [0.15, 0.2) is 0 Å². The molecule has 0 amide bonds. The van der Waals surface area contributed by atoms with Gasteiger partial charge in [-0.1, -0.05) is 25.1 Å². The van der Waals surface area contributed by atoms with Crippen LogP contribution in [0.1, 0.15) is 48.7 Å². The second-order valence-corrected chi connectivity index (χ2v) is 10.8. The van der Waals surface area contributed by atoms with Crippen molar-refractivity contribution < 1.29 is 18.7 Å². The van der Waals surface area contributed by atoms with E-state index in [4.69, 9.17) is 0 Å². The van der Waals surface area contributed by atoms with Gasteiger partial charge in [0.25, 0.3) is 0 Å². The van der Waals surface area contributed by atoms with Crippen LogP contribution in [0.3, 0.4) is 0 Å². The molecule has 2 N–H and O–H groups in total. The van der Waals surface area contributed by atoms with E-state index in [0.29, 0.717) is 31.6 Å². The van der Waals surface area contributed by atoms with E-state index in [-0.39, 0.29) is 18.5 Å². The molecule has 0 radical (unpaired) electrons. The highest BCUT2D eigenvalue weighted by Gasteiger charge is 2.39. The number of aliphatic carboxylic acids is 1. The number of rotatable bonds is 11. The van der Waals surface area contributed by atoms with Gasteiger partial charge in [0.2, 0.25) is 0 Å². The van der Waals surface area contributed by atoms with Crippen LogP contribution >= 0.6 is 0 Å². The maximum Gasteiger partial charge on any atom is 0.307 e. The fraction of sp³-hybridized carbons (Fsp3) is 0.500. The fourth-order valence-corrected chi connectivity index (χ4v) is 5.81. The SMILES string of the molecule is Cc1c(N(C)CCN(C)CCCF)ccc(F)c1[C@@H]1c2[nH]c3ccccc3c2C[C@@H](C)N1C[C@H](C)C(=O)O. The molecule has 38 heavy (non-hydrogen) atoms. The van der Waals surface area contributed by atoms with Crippen molar-refractivity contribution >= 4 is 22.6 Å². The number of carboxylic acids is 1. The largest absolute Gasteiger partial charge is 0.481 e. The zero-order chi connectivity index (χ0) is 27.6. The van der Waals surface area contributed by atoms with Gasteiger partial charge in [0.05, 0.1) is 18.6 Å². The average molecular weight is 527 g/mol. The van der Waals surface area contributed by atoms with Crippen molar-refractivity contribution in [1.82, 2.24) is 14.8 Å². The van der Waals surface area contributed by atoms with Crippen LogP contribution in [0, 0.1) is 18.7 Å². The lowest BCUT2D eigenvalue weighted by molar-refractivity contribution is -0.142. The number of aromatic nitrogens is 1. The van der Waals surface area contributed by atoms with E-state index in [2.05, 4.69) is 32.7 Å². The maximum atomic E-state index is 15.9. The summed E-state index contributed by atoms with van der Waals surface area (Å²) in [5.74, 6) is -1.75. The highest BCUT2D eigenvalue weighted by Crippen LogP contribution is 2.44. The van der Waals surface area contributed by atoms with E-state index in [9.17, 15) is 14.3 Å². The van der Waals surface area contributed by atoms with E-state index in [0.717, 1.165) is 40.8 Å². The first-order valence-corrected chi connectivity index (χ1v) is 13.5. The van der Waals surface area contributed by atoms with Crippen LogP contribution in [0.2, 0.25) is 0 Å². The van der Waals surface area contributed by atoms with Crippen molar-refractivity contribution in [2.75, 3.05) is 51.8 Å². The fourth-order valence-electron chi connectivity index (χ4n) is 5.81. The number of nitrogens with zero attached hydrogens (tertiary/aromatic N) is 3. The summed E-state index contributed by atoms with van der Waals surface area (Å²) in [4.78, 5) is 21.8. The summed E-state index contributed by atoms with van der Waals surface area (Å²) in [6.07, 6.45) is 1.27. The van der Waals surface area contributed by atoms with Gasteiger partial charge in [-0.05, 0) is 63.1 Å². The molecule has 2 heterocycles. The van der Waals surface area contributed by atoms with Gasteiger partial charge < -0.3 is 19.9 Å². The first kappa shape index (κ1) is 28.0. The van der Waals surface area contributed by atoms with E-state index in [1.54, 1.807) is 6.92 Å². The molecule has 3 atom stereocenters. The third-order valence-corrected chi connectivity index (χ3v) is 8.03. The van der Waals surface area contributed by atoms with Gasteiger partial charge in [-0.25, -0.2) is 4.39 Å². The molecule has 6 nitrogen and oxygen atoms in total. The predicted molar refractivity (Wildman–Crippen MR) is 149 cm³/mol. The number of fused-ring (bicyclic) bond motifs is 3. The number of likely N-dealkylation sites (N-methyl/N-ethyl adjacent to an activating group) is 2. The number of alkyl halides is 1. The van der Waals surface area contributed by atoms with Crippen LogP contribution in [0.25, 0.3) is 10.9 Å². The van der Waals surface area contributed by atoms with E-state index >= 15 is 4.39 Å². The lowest BCUT2D eigenvalue weighted by Crippen LogP contribution is -2.46. The Morgan fingerprint density at radius 3 is 2.63 bits per heavy atom. The molecule has 2 aromatic carbocycles. The molecular formula is C30H40F2N4O2. The quantitative estimate of drug-likeness (QED) is 0.350. The molecule has 1 aromatic heterocycles. The Hall–Kier alpha value is -2.97. The van der Waals surface area contributed by atoms with Gasteiger partial charge in [0, 0.05) is 67.1 Å². The first-order chi connectivity index (χ1) is 18.1. The van der Waals surface area contributed by atoms with E-state index in [1.165, 1.54) is 11.6 Å². The molecule has 0 saturated carbocycles. The monoisotopic (exact) mass is 526 g/mol. The minimum atomic E-state index is -0.860. The number of hydrogen-bond acceptors (Lipinski definition) is 4. The lowest BCUT2D eigenvalue weighted by Gasteiger charge is -2.42. The number of carboxylic acid groups (broad SMARTS) is 1. The Kier molecular flexibility index (Phi) is 8.73. The molecular weight excluding hydrogens is 486 g/mol. The molecule has 0 aliphatic carbocycles. The first-order valence-electron chi connectivity index (χ1n) is 13.5. The van der Waals surface area contributed by atoms with Crippen molar-refractivity contribution in [3.8, 4) is 0 Å². The second-order valence-electron chi connectivity index (χ2n) is 10.8. The van der Waals surface area contributed by atoms with Gasteiger partial charge >= 0.3 is 5.97 Å². The van der Waals surface area contributed by atoms with E-state index in [1.807, 2.05) is 45.3 Å². The molecule has 4 rings (SSSR count). The number of nitrogens with one attached hydrogen (secondary N) is 1. The molecule has 0 bridgehead atoms. The van der Waals surface area contributed by atoms with Gasteiger partial charge in [-0.2, -0.15) is 0 Å². The van der Waals surface area contributed by atoms with Crippen LogP contribution in [-0.2, 0) is 11.2 Å². The highest BCUT2D eigenvalue weighted by atomic mass is 19.1.